The second-order valence-corrected chi connectivity index (χ2v) is 5.42. The summed E-state index contributed by atoms with van der Waals surface area (Å²) in [5.41, 5.74) is 3.96. The fourth-order valence-electron chi connectivity index (χ4n) is 1.85. The first-order chi connectivity index (χ1) is 10.6. The molecule has 0 amide bonds. The van der Waals surface area contributed by atoms with E-state index in [1.807, 2.05) is 0 Å². The number of thioether (sulfide) groups is 1. The monoisotopic (exact) mass is 321 g/mol. The van der Waals surface area contributed by atoms with Gasteiger partial charge >= 0.3 is 0 Å². The van der Waals surface area contributed by atoms with Crippen molar-refractivity contribution < 1.29 is 13.2 Å². The number of aliphatic imine (C=N–C) groups is 1. The predicted octanol–water partition coefficient (Wildman–Crippen LogP) is 3.83. The Kier molecular flexibility index (Phi) is 4.15. The van der Waals surface area contributed by atoms with Gasteiger partial charge in [-0.25, -0.2) is 18.2 Å². The van der Waals surface area contributed by atoms with Crippen LogP contribution in [-0.4, -0.2) is 16.6 Å². The van der Waals surface area contributed by atoms with Crippen LogP contribution in [0.2, 0.25) is 0 Å². The predicted molar refractivity (Wildman–Crippen MR) is 82.0 cm³/mol. The molecule has 0 unspecified atom stereocenters. The number of benzene rings is 2. The summed E-state index contributed by atoms with van der Waals surface area (Å²) in [6, 6.07) is 9.75. The summed E-state index contributed by atoms with van der Waals surface area (Å²) in [5, 5.41) is 4.52. The zero-order valence-electron chi connectivity index (χ0n) is 11.2. The number of amidine groups is 1. The van der Waals surface area contributed by atoms with Crippen molar-refractivity contribution in [1.29, 1.82) is 0 Å². The van der Waals surface area contributed by atoms with Crippen LogP contribution >= 0.6 is 11.8 Å². The summed E-state index contributed by atoms with van der Waals surface area (Å²) >= 11 is 1.30. The van der Waals surface area contributed by atoms with Crippen LogP contribution < -0.4 is 5.43 Å². The van der Waals surface area contributed by atoms with E-state index in [0.29, 0.717) is 22.2 Å². The molecule has 7 heteroatoms. The van der Waals surface area contributed by atoms with E-state index in [1.54, 1.807) is 18.2 Å². The molecule has 0 fully saturated rings. The Morgan fingerprint density at radius 1 is 1.00 bits per heavy atom. The summed E-state index contributed by atoms with van der Waals surface area (Å²) < 4.78 is 39.6. The molecule has 1 aliphatic heterocycles. The highest BCUT2D eigenvalue weighted by atomic mass is 32.2. The molecule has 1 aliphatic rings. The largest absolute Gasteiger partial charge is 0.255 e. The van der Waals surface area contributed by atoms with E-state index in [2.05, 4.69) is 15.5 Å². The van der Waals surface area contributed by atoms with Gasteiger partial charge in [0.1, 0.15) is 11.5 Å². The molecule has 0 atom stereocenters. The molecule has 0 aromatic heterocycles. The van der Waals surface area contributed by atoms with Crippen LogP contribution in [0.5, 0.6) is 0 Å². The van der Waals surface area contributed by atoms with Gasteiger partial charge in [-0.1, -0.05) is 23.9 Å². The number of nitrogens with one attached hydrogen (secondary N) is 1. The summed E-state index contributed by atoms with van der Waals surface area (Å²) in [4.78, 5) is 4.13. The lowest BCUT2D eigenvalue weighted by Crippen LogP contribution is -2.25. The van der Waals surface area contributed by atoms with E-state index in [4.69, 9.17) is 0 Å². The number of hydrazone groups is 1. The third-order valence-corrected chi connectivity index (χ3v) is 3.83. The van der Waals surface area contributed by atoms with Crippen LogP contribution in [0.25, 0.3) is 0 Å². The molecule has 2 aromatic carbocycles. The van der Waals surface area contributed by atoms with Gasteiger partial charge < -0.3 is 0 Å². The van der Waals surface area contributed by atoms with Crippen molar-refractivity contribution in [1.82, 2.24) is 5.43 Å². The van der Waals surface area contributed by atoms with Gasteiger partial charge in [0.2, 0.25) is 0 Å². The second kappa shape index (κ2) is 6.23. The number of nitrogens with zero attached hydrogens (tertiary/aromatic N) is 2. The lowest BCUT2D eigenvalue weighted by molar-refractivity contribution is 0.508. The Labute approximate surface area is 129 Å². The molecule has 3 rings (SSSR count). The smallest absolute Gasteiger partial charge is 0.182 e. The van der Waals surface area contributed by atoms with E-state index in [9.17, 15) is 13.2 Å². The molecule has 0 saturated heterocycles. The number of hydrogen-bond donors (Lipinski definition) is 1. The topological polar surface area (TPSA) is 36.8 Å². The summed E-state index contributed by atoms with van der Waals surface area (Å²) in [7, 11) is 0. The van der Waals surface area contributed by atoms with Gasteiger partial charge in [-0.15, -0.1) is 0 Å². The quantitative estimate of drug-likeness (QED) is 0.912. The van der Waals surface area contributed by atoms with Gasteiger partial charge in [0.15, 0.2) is 16.8 Å². The third-order valence-electron chi connectivity index (χ3n) is 2.96. The fourth-order valence-corrected chi connectivity index (χ4v) is 2.63. The van der Waals surface area contributed by atoms with Crippen molar-refractivity contribution in [2.24, 2.45) is 10.1 Å². The van der Waals surface area contributed by atoms with Crippen LogP contribution in [0.4, 0.5) is 18.9 Å². The first-order valence-corrected chi connectivity index (χ1v) is 7.36. The average molecular weight is 321 g/mol. The Balaban J connectivity index is 1.80. The number of rotatable bonds is 2. The van der Waals surface area contributed by atoms with Crippen molar-refractivity contribution >= 4 is 28.3 Å². The minimum absolute atomic E-state index is 0.212. The molecule has 0 aliphatic carbocycles. The van der Waals surface area contributed by atoms with Gasteiger partial charge in [-0.3, -0.25) is 5.43 Å². The van der Waals surface area contributed by atoms with Crippen molar-refractivity contribution in [2.45, 2.75) is 0 Å². The summed E-state index contributed by atoms with van der Waals surface area (Å²) in [6.07, 6.45) is 0. The number of hydrogen-bond acceptors (Lipinski definition) is 3. The van der Waals surface area contributed by atoms with Gasteiger partial charge in [-0.2, -0.15) is 5.10 Å². The first-order valence-electron chi connectivity index (χ1n) is 6.37. The van der Waals surface area contributed by atoms with Gasteiger partial charge in [0, 0.05) is 11.3 Å². The van der Waals surface area contributed by atoms with E-state index >= 15 is 0 Å². The van der Waals surface area contributed by atoms with Crippen LogP contribution in [0.1, 0.15) is 5.56 Å². The standard InChI is InChI=1S/C15H10F3N3S/c16-10-6-5-9(7-12(10)18)14-8-22-15(21-20-14)19-13-4-2-1-3-11(13)17/h1-7H,8H2,(H,19,21). The van der Waals surface area contributed by atoms with Crippen LogP contribution in [0.3, 0.4) is 0 Å². The molecule has 22 heavy (non-hydrogen) atoms. The molecule has 0 spiro atoms. The second-order valence-electron chi connectivity index (χ2n) is 4.46. The van der Waals surface area contributed by atoms with E-state index < -0.39 is 17.5 Å². The van der Waals surface area contributed by atoms with Crippen LogP contribution in [-0.2, 0) is 0 Å². The lowest BCUT2D eigenvalue weighted by atomic mass is 10.1. The van der Waals surface area contributed by atoms with Crippen LogP contribution in [0, 0.1) is 17.5 Å². The molecule has 2 aromatic rings. The zero-order chi connectivity index (χ0) is 15.5. The molecular formula is C15H10F3N3S. The Hall–Kier alpha value is -2.28. The Morgan fingerprint density at radius 2 is 1.82 bits per heavy atom. The fraction of sp³-hybridized carbons (Fsp3) is 0.0667. The molecular weight excluding hydrogens is 311 g/mol. The van der Waals surface area contributed by atoms with Crippen molar-refractivity contribution in [3.8, 4) is 0 Å². The zero-order valence-corrected chi connectivity index (χ0v) is 12.0. The molecule has 112 valence electrons. The van der Waals surface area contributed by atoms with Gasteiger partial charge in [-0.05, 0) is 30.3 Å². The lowest BCUT2D eigenvalue weighted by Gasteiger charge is -2.15. The molecule has 1 heterocycles. The summed E-state index contributed by atoms with van der Waals surface area (Å²) in [6.45, 7) is 0. The molecule has 0 saturated carbocycles. The minimum Gasteiger partial charge on any atom is -0.255 e. The molecule has 0 bridgehead atoms. The van der Waals surface area contributed by atoms with E-state index in [0.717, 1.165) is 12.1 Å². The maximum Gasteiger partial charge on any atom is 0.182 e. The van der Waals surface area contributed by atoms with Crippen molar-refractivity contribution in [2.75, 3.05) is 5.75 Å². The SMILES string of the molecule is Fc1ccc(C2=NNC(=Nc3ccccc3F)SC2)cc1F. The first kappa shape index (κ1) is 14.6. The highest BCUT2D eigenvalue weighted by Gasteiger charge is 2.15. The molecule has 3 nitrogen and oxygen atoms in total. The van der Waals surface area contributed by atoms with E-state index in [-0.39, 0.29) is 5.69 Å². The third kappa shape index (κ3) is 3.14. The number of para-hydroxylation sites is 1. The maximum atomic E-state index is 13.5. The highest BCUT2D eigenvalue weighted by Crippen LogP contribution is 2.21. The van der Waals surface area contributed by atoms with Crippen molar-refractivity contribution in [3.05, 3.63) is 65.5 Å². The van der Waals surface area contributed by atoms with Crippen molar-refractivity contribution in [3.63, 3.8) is 0 Å². The number of halogens is 3. The molecule has 0 radical (unpaired) electrons. The maximum absolute atomic E-state index is 13.5. The molecule has 1 N–H and O–H groups in total. The Bertz CT molecular complexity index is 774. The van der Waals surface area contributed by atoms with Crippen LogP contribution in [0.15, 0.2) is 52.6 Å². The normalized spacial score (nSPS) is 16.3. The average Bonchev–Trinajstić information content (AvgIpc) is 2.53. The van der Waals surface area contributed by atoms with Gasteiger partial charge in [0.05, 0.1) is 5.71 Å². The minimum atomic E-state index is -0.920. The van der Waals surface area contributed by atoms with E-state index in [1.165, 1.54) is 23.9 Å². The van der Waals surface area contributed by atoms with Gasteiger partial charge in [0.25, 0.3) is 0 Å². The highest BCUT2D eigenvalue weighted by molar-refractivity contribution is 8.14. The Morgan fingerprint density at radius 3 is 2.50 bits per heavy atom. The summed E-state index contributed by atoms with van der Waals surface area (Å²) in [5.74, 6) is -1.82.